The van der Waals surface area contributed by atoms with Crippen molar-refractivity contribution in [3.05, 3.63) is 60.1 Å². The SMILES string of the molecule is COC1CCC(NC(=O)C[C@H](c2ccccc2)c2ccco2)CC1. The first-order chi connectivity index (χ1) is 11.8. The van der Waals surface area contributed by atoms with Crippen molar-refractivity contribution in [3.8, 4) is 0 Å². The standard InChI is InChI=1S/C20H25NO3/c1-23-17-11-9-16(10-12-17)21-20(22)14-18(19-8-5-13-24-19)15-6-3-2-4-7-15/h2-8,13,16-18H,9-12,14H2,1H3,(H,21,22)/t16?,17?,18-/m1/s1. The van der Waals surface area contributed by atoms with Crippen LogP contribution in [0, 0.1) is 0 Å². The van der Waals surface area contributed by atoms with E-state index in [1.807, 2.05) is 42.5 Å². The Hall–Kier alpha value is -2.07. The highest BCUT2D eigenvalue weighted by Gasteiger charge is 2.25. The smallest absolute Gasteiger partial charge is 0.221 e. The molecule has 1 aromatic carbocycles. The predicted octanol–water partition coefficient (Wildman–Crippen LogP) is 3.88. The minimum absolute atomic E-state index is 0.0449. The molecule has 2 aromatic rings. The van der Waals surface area contributed by atoms with Crippen LogP contribution in [-0.2, 0) is 9.53 Å². The quantitative estimate of drug-likeness (QED) is 0.876. The zero-order chi connectivity index (χ0) is 16.8. The van der Waals surface area contributed by atoms with E-state index in [0.29, 0.717) is 12.5 Å². The lowest BCUT2D eigenvalue weighted by molar-refractivity contribution is -0.122. The summed E-state index contributed by atoms with van der Waals surface area (Å²) in [6.07, 6.45) is 6.42. The fourth-order valence-electron chi connectivity index (χ4n) is 3.47. The zero-order valence-electron chi connectivity index (χ0n) is 14.1. The second-order valence-corrected chi connectivity index (χ2v) is 6.46. The Bertz CT molecular complexity index is 616. The van der Waals surface area contributed by atoms with Crippen LogP contribution in [-0.4, -0.2) is 25.2 Å². The summed E-state index contributed by atoms with van der Waals surface area (Å²) in [5.41, 5.74) is 1.10. The summed E-state index contributed by atoms with van der Waals surface area (Å²) >= 11 is 0. The lowest BCUT2D eigenvalue weighted by Crippen LogP contribution is -2.39. The van der Waals surface area contributed by atoms with Gasteiger partial charge in [-0.15, -0.1) is 0 Å². The van der Waals surface area contributed by atoms with E-state index in [9.17, 15) is 4.79 Å². The first-order valence-corrected chi connectivity index (χ1v) is 8.66. The highest BCUT2D eigenvalue weighted by atomic mass is 16.5. The second-order valence-electron chi connectivity index (χ2n) is 6.46. The second kappa shape index (κ2) is 8.15. The van der Waals surface area contributed by atoms with Crippen molar-refractivity contribution >= 4 is 5.91 Å². The summed E-state index contributed by atoms with van der Waals surface area (Å²) in [7, 11) is 1.76. The third-order valence-electron chi connectivity index (χ3n) is 4.85. The summed E-state index contributed by atoms with van der Waals surface area (Å²) in [6.45, 7) is 0. The molecule has 4 heteroatoms. The number of carbonyl (C=O) groups excluding carboxylic acids is 1. The van der Waals surface area contributed by atoms with Crippen LogP contribution in [0.3, 0.4) is 0 Å². The molecular weight excluding hydrogens is 302 g/mol. The zero-order valence-corrected chi connectivity index (χ0v) is 14.1. The van der Waals surface area contributed by atoms with Gasteiger partial charge in [-0.1, -0.05) is 30.3 Å². The minimum atomic E-state index is -0.0449. The van der Waals surface area contributed by atoms with E-state index >= 15 is 0 Å². The average Bonchev–Trinajstić information content (AvgIpc) is 3.15. The Kier molecular flexibility index (Phi) is 5.70. The summed E-state index contributed by atoms with van der Waals surface area (Å²) in [5, 5.41) is 3.19. The van der Waals surface area contributed by atoms with E-state index in [1.165, 1.54) is 0 Å². The molecule has 0 bridgehead atoms. The maximum atomic E-state index is 12.6. The molecule has 4 nitrogen and oxygen atoms in total. The molecule has 128 valence electrons. The van der Waals surface area contributed by atoms with E-state index in [-0.39, 0.29) is 17.9 Å². The van der Waals surface area contributed by atoms with E-state index in [1.54, 1.807) is 13.4 Å². The molecule has 0 saturated heterocycles. The van der Waals surface area contributed by atoms with Gasteiger partial charge in [-0.3, -0.25) is 4.79 Å². The summed E-state index contributed by atoms with van der Waals surface area (Å²) in [4.78, 5) is 12.6. The molecular formula is C20H25NO3. The summed E-state index contributed by atoms with van der Waals surface area (Å²) in [6, 6.07) is 14.1. The van der Waals surface area contributed by atoms with Gasteiger partial charge in [0.1, 0.15) is 5.76 Å². The van der Waals surface area contributed by atoms with Crippen molar-refractivity contribution in [3.63, 3.8) is 0 Å². The molecule has 1 aromatic heterocycles. The fraction of sp³-hybridized carbons (Fsp3) is 0.450. The summed E-state index contributed by atoms with van der Waals surface area (Å²) < 4.78 is 11.0. The lowest BCUT2D eigenvalue weighted by atomic mass is 9.91. The molecule has 0 spiro atoms. The van der Waals surface area contributed by atoms with Crippen LogP contribution in [0.25, 0.3) is 0 Å². The molecule has 1 amide bonds. The monoisotopic (exact) mass is 327 g/mol. The highest BCUT2D eigenvalue weighted by molar-refractivity contribution is 5.77. The molecule has 1 aliphatic carbocycles. The molecule has 1 aliphatic rings. The van der Waals surface area contributed by atoms with E-state index in [2.05, 4.69) is 5.32 Å². The van der Waals surface area contributed by atoms with E-state index in [0.717, 1.165) is 37.0 Å². The lowest BCUT2D eigenvalue weighted by Gasteiger charge is -2.28. The number of nitrogens with one attached hydrogen (secondary N) is 1. The molecule has 1 fully saturated rings. The Morgan fingerprint density at radius 1 is 1.17 bits per heavy atom. The maximum Gasteiger partial charge on any atom is 0.221 e. The minimum Gasteiger partial charge on any atom is -0.469 e. The molecule has 1 saturated carbocycles. The fourth-order valence-corrected chi connectivity index (χ4v) is 3.47. The molecule has 0 radical (unpaired) electrons. The van der Waals surface area contributed by atoms with Crippen LogP contribution in [0.2, 0.25) is 0 Å². The van der Waals surface area contributed by atoms with Gasteiger partial charge in [-0.05, 0) is 43.4 Å². The Morgan fingerprint density at radius 2 is 1.92 bits per heavy atom. The van der Waals surface area contributed by atoms with Crippen LogP contribution in [0.1, 0.15) is 49.3 Å². The number of furan rings is 1. The predicted molar refractivity (Wildman–Crippen MR) is 92.8 cm³/mol. The van der Waals surface area contributed by atoms with Crippen LogP contribution < -0.4 is 5.32 Å². The molecule has 0 aliphatic heterocycles. The van der Waals surface area contributed by atoms with Gasteiger partial charge < -0.3 is 14.5 Å². The summed E-state index contributed by atoms with van der Waals surface area (Å²) in [5.74, 6) is 0.872. The molecule has 1 heterocycles. The van der Waals surface area contributed by atoms with Crippen LogP contribution >= 0.6 is 0 Å². The van der Waals surface area contributed by atoms with Crippen molar-refractivity contribution in [2.24, 2.45) is 0 Å². The van der Waals surface area contributed by atoms with Crippen molar-refractivity contribution in [1.82, 2.24) is 5.32 Å². The number of hydrogen-bond donors (Lipinski definition) is 1. The van der Waals surface area contributed by atoms with Crippen molar-refractivity contribution < 1.29 is 13.9 Å². The topological polar surface area (TPSA) is 51.5 Å². The molecule has 1 N–H and O–H groups in total. The van der Waals surface area contributed by atoms with Crippen LogP contribution in [0.15, 0.2) is 53.1 Å². The Labute approximate surface area is 143 Å². The Balaban J connectivity index is 1.62. The van der Waals surface area contributed by atoms with Gasteiger partial charge in [-0.25, -0.2) is 0 Å². The highest BCUT2D eigenvalue weighted by Crippen LogP contribution is 2.29. The third-order valence-corrected chi connectivity index (χ3v) is 4.85. The number of rotatable bonds is 6. The van der Waals surface area contributed by atoms with Gasteiger partial charge in [0.15, 0.2) is 0 Å². The average molecular weight is 327 g/mol. The van der Waals surface area contributed by atoms with Gasteiger partial charge in [0.25, 0.3) is 0 Å². The number of carbonyl (C=O) groups is 1. The number of ether oxygens (including phenoxy) is 1. The van der Waals surface area contributed by atoms with Crippen LogP contribution in [0.4, 0.5) is 0 Å². The van der Waals surface area contributed by atoms with Crippen molar-refractivity contribution in [2.45, 2.75) is 50.2 Å². The molecule has 3 rings (SSSR count). The van der Waals surface area contributed by atoms with Crippen LogP contribution in [0.5, 0.6) is 0 Å². The first kappa shape index (κ1) is 16.8. The number of amides is 1. The van der Waals surface area contributed by atoms with Gasteiger partial charge in [0, 0.05) is 19.6 Å². The third kappa shape index (κ3) is 4.26. The van der Waals surface area contributed by atoms with Gasteiger partial charge in [0.2, 0.25) is 5.91 Å². The van der Waals surface area contributed by atoms with E-state index in [4.69, 9.17) is 9.15 Å². The van der Waals surface area contributed by atoms with Crippen molar-refractivity contribution in [1.29, 1.82) is 0 Å². The molecule has 24 heavy (non-hydrogen) atoms. The molecule has 0 unspecified atom stereocenters. The Morgan fingerprint density at radius 3 is 2.54 bits per heavy atom. The van der Waals surface area contributed by atoms with Crippen molar-refractivity contribution in [2.75, 3.05) is 7.11 Å². The number of benzene rings is 1. The molecule has 1 atom stereocenters. The maximum absolute atomic E-state index is 12.6. The van der Waals surface area contributed by atoms with Gasteiger partial charge in [-0.2, -0.15) is 0 Å². The van der Waals surface area contributed by atoms with Gasteiger partial charge >= 0.3 is 0 Å². The number of methoxy groups -OCH3 is 1. The number of hydrogen-bond acceptors (Lipinski definition) is 3. The largest absolute Gasteiger partial charge is 0.469 e. The van der Waals surface area contributed by atoms with E-state index < -0.39 is 0 Å². The van der Waals surface area contributed by atoms with Gasteiger partial charge in [0.05, 0.1) is 18.3 Å². The first-order valence-electron chi connectivity index (χ1n) is 8.66. The normalized spacial score (nSPS) is 22.0.